The van der Waals surface area contributed by atoms with Gasteiger partial charge in [0.2, 0.25) is 0 Å². The van der Waals surface area contributed by atoms with Crippen LogP contribution in [0.2, 0.25) is 0 Å². The third-order valence-corrected chi connectivity index (χ3v) is 12.7. The molecule has 0 aromatic heterocycles. The summed E-state index contributed by atoms with van der Waals surface area (Å²) in [6.45, 7) is 19.8. The molecule has 0 bridgehead atoms. The van der Waals surface area contributed by atoms with Crippen LogP contribution >= 0.6 is 0 Å². The minimum absolute atomic E-state index is 0.00815. The number of hydrogen-bond acceptors (Lipinski definition) is 0. The Labute approximate surface area is 513 Å². The van der Waals surface area contributed by atoms with Crippen molar-refractivity contribution < 1.29 is 123 Å². The van der Waals surface area contributed by atoms with Crippen molar-refractivity contribution in [2.24, 2.45) is 0 Å². The van der Waals surface area contributed by atoms with E-state index in [2.05, 4.69) is 25.5 Å². The zero-order valence-corrected chi connectivity index (χ0v) is 50.3. The van der Waals surface area contributed by atoms with Gasteiger partial charge < -0.3 is 0 Å². The molecule has 0 aliphatic heterocycles. The van der Waals surface area contributed by atoms with Gasteiger partial charge in [-0.15, -0.1) is 12.3 Å². The number of hydrogen-bond donors (Lipinski definition) is 0. The normalized spacial score (nSPS) is 10.3. The molecule has 93 heavy (non-hydrogen) atoms. The van der Waals surface area contributed by atoms with Crippen molar-refractivity contribution in [3.63, 3.8) is 0 Å². The first-order valence-electron chi connectivity index (χ1n) is 25.8. The van der Waals surface area contributed by atoms with Crippen LogP contribution < -0.4 is 0 Å². The van der Waals surface area contributed by atoms with Gasteiger partial charge >= 0.3 is 0 Å². The second-order valence-electron chi connectivity index (χ2n) is 18.9. The topological polar surface area (TPSA) is 0 Å². The van der Waals surface area contributed by atoms with Crippen molar-refractivity contribution in [1.29, 1.82) is 0 Å². The van der Waals surface area contributed by atoms with E-state index in [0.717, 1.165) is 61.5 Å². The Morgan fingerprint density at radius 3 is 0.763 bits per heavy atom. The van der Waals surface area contributed by atoms with Crippen LogP contribution in [0, 0.1) is 242 Å². The molecule has 0 spiro atoms. The summed E-state index contributed by atoms with van der Waals surface area (Å²) in [6.07, 6.45) is 5.75. The lowest BCUT2D eigenvalue weighted by Crippen LogP contribution is -2.05. The Balaban J connectivity index is 0.000000543. The minimum atomic E-state index is -1.53. The monoisotopic (exact) mass is 1360 g/mol. The van der Waals surface area contributed by atoms with E-state index in [1.807, 2.05) is 5.92 Å². The molecule has 0 unspecified atom stereocenters. The fraction of sp³-hybridized carbons (Fsp3) is 0.231. The molecular weight excluding hydrogens is 1310 g/mol. The van der Waals surface area contributed by atoms with Crippen LogP contribution in [0.4, 0.5) is 123 Å². The van der Waals surface area contributed by atoms with E-state index < -0.39 is 241 Å². The van der Waals surface area contributed by atoms with Crippen LogP contribution in [0.5, 0.6) is 0 Å². The molecule has 0 aliphatic carbocycles. The van der Waals surface area contributed by atoms with Crippen molar-refractivity contribution in [3.8, 4) is 24.2 Å². The van der Waals surface area contributed by atoms with Gasteiger partial charge in [-0.25, -0.2) is 123 Å². The molecule has 0 radical (unpaired) electrons. The Morgan fingerprint density at radius 2 is 0.548 bits per heavy atom. The quantitative estimate of drug-likeness (QED) is 0.0915. The Bertz CT molecular complexity index is 3780. The summed E-state index contributed by atoms with van der Waals surface area (Å²) in [5.41, 5.74) is -9.70. The van der Waals surface area contributed by atoms with Crippen LogP contribution in [0.3, 0.4) is 0 Å². The van der Waals surface area contributed by atoms with Crippen LogP contribution in [0.25, 0.3) is 11.6 Å². The van der Waals surface area contributed by atoms with Gasteiger partial charge in [0.1, 0.15) is 11.1 Å². The summed E-state index contributed by atoms with van der Waals surface area (Å²) < 4.78 is 361. The third kappa shape index (κ3) is 17.9. The first-order valence-corrected chi connectivity index (χ1v) is 25.8. The molecule has 0 aliphatic rings. The lowest BCUT2D eigenvalue weighted by Gasteiger charge is -2.08. The Hall–Kier alpha value is -8.82. The predicted octanol–water partition coefficient (Wildman–Crippen LogP) is 21.7. The van der Waals surface area contributed by atoms with Gasteiger partial charge in [0, 0.05) is 55.6 Å². The molecule has 0 amide bonds. The number of terminal acetylenes is 1. The van der Waals surface area contributed by atoms with Crippen molar-refractivity contribution in [2.75, 3.05) is 0 Å². The summed E-state index contributed by atoms with van der Waals surface area (Å²) in [4.78, 5) is 0. The maximum absolute atomic E-state index is 13.1. The maximum Gasteiger partial charge on any atom is 0.177 e. The van der Waals surface area contributed by atoms with Gasteiger partial charge in [-0.1, -0.05) is 51.3 Å². The van der Waals surface area contributed by atoms with Gasteiger partial charge in [0.15, 0.2) is 163 Å². The van der Waals surface area contributed by atoms with Crippen LogP contribution in [-0.4, -0.2) is 0 Å². The fourth-order valence-electron chi connectivity index (χ4n) is 7.10. The largest absolute Gasteiger partial charge is 0.203 e. The lowest BCUT2D eigenvalue weighted by atomic mass is 10.0. The van der Waals surface area contributed by atoms with Crippen LogP contribution in [0.1, 0.15) is 112 Å². The average molecular weight is 1360 g/mol. The summed E-state index contributed by atoms with van der Waals surface area (Å²) >= 11 is 0. The van der Waals surface area contributed by atoms with Crippen molar-refractivity contribution in [3.05, 3.63) is 254 Å². The summed E-state index contributed by atoms with van der Waals surface area (Å²) in [5, 5.41) is 0. The van der Waals surface area contributed by atoms with Gasteiger partial charge in [-0.2, -0.15) is 0 Å². The zero-order chi connectivity index (χ0) is 72.8. The van der Waals surface area contributed by atoms with E-state index in [1.54, 1.807) is 12.8 Å². The second-order valence-corrected chi connectivity index (χ2v) is 18.9. The van der Waals surface area contributed by atoms with Gasteiger partial charge in [-0.05, 0) is 87.7 Å². The van der Waals surface area contributed by atoms with Crippen molar-refractivity contribution >= 4 is 11.6 Å². The molecule has 0 fully saturated rings. The number of allylic oxidation sites excluding steroid dienone is 1. The minimum Gasteiger partial charge on any atom is -0.203 e. The number of benzene rings is 7. The zero-order valence-electron chi connectivity index (χ0n) is 50.3. The molecule has 0 saturated heterocycles. The molecule has 7 rings (SSSR count). The first kappa shape index (κ1) is 82.2. The van der Waals surface area contributed by atoms with Gasteiger partial charge in [0.25, 0.3) is 0 Å². The highest BCUT2D eigenvalue weighted by Crippen LogP contribution is 2.31. The van der Waals surface area contributed by atoms with Gasteiger partial charge in [-0.3, -0.25) is 0 Å². The molecule has 0 heterocycles. The van der Waals surface area contributed by atoms with E-state index in [-0.39, 0.29) is 18.4 Å². The smallest absolute Gasteiger partial charge is 0.177 e. The van der Waals surface area contributed by atoms with E-state index in [4.69, 9.17) is 0 Å². The second kappa shape index (κ2) is 34.7. The average Bonchev–Trinajstić information content (AvgIpc) is 0.966. The molecule has 28 heteroatoms. The summed E-state index contributed by atoms with van der Waals surface area (Å²) in [6, 6.07) is 0. The Morgan fingerprint density at radius 1 is 0.333 bits per heavy atom. The molecule has 0 nitrogen and oxygen atoms in total. The molecule has 7 aromatic carbocycles. The molecular formula is C65H48F28. The van der Waals surface area contributed by atoms with E-state index in [0.29, 0.717) is 6.42 Å². The standard InChI is InChI=1S/C10H8F4.C10H10F4.C10H6F4.C9H8F4.C9H6F4.C9H4F4.C8H6F4/c1-4(2)6-9(13)7(11)5(3)8(12)10(6)14;2*1-3-4-6-9(13)7(11)5(2)8(12)10(6)14;3*1-3-5-8(12)6(10)4(2)7(11)9(5)13;1-3-5(9)7(11)4(2)8(12)6(3)10/h1H2,2-3H3;3-4H2,1-2H3;1-2H3;3H2,1-2H3;3H,1H2,2H3;1H,2H3;1-2H3. The fourth-order valence-corrected chi connectivity index (χ4v) is 7.10. The summed E-state index contributed by atoms with van der Waals surface area (Å²) in [5.74, 6) is -32.7. The van der Waals surface area contributed by atoms with E-state index in [9.17, 15) is 123 Å². The lowest BCUT2D eigenvalue weighted by molar-refractivity contribution is 0.430. The highest BCUT2D eigenvalue weighted by Gasteiger charge is 2.27. The third-order valence-electron chi connectivity index (χ3n) is 12.7. The Kier molecular flexibility index (Phi) is 30.7. The van der Waals surface area contributed by atoms with E-state index >= 15 is 0 Å². The molecule has 0 atom stereocenters. The van der Waals surface area contributed by atoms with Crippen molar-refractivity contribution in [2.45, 2.75) is 102 Å². The SMILES string of the molecule is C#Cc1c(F)c(F)c(C)c(F)c1F.C=C(C)c1c(F)c(F)c(C)c(F)c1F.C=Cc1c(F)c(F)c(C)c(F)c1F.CC#Cc1c(F)c(F)c(C)c(F)c1F.CCCc1c(F)c(F)c(C)c(F)c1F.CCc1c(F)c(F)c(C)c(F)c1F.Cc1c(F)c(F)c(C)c(F)c1F. The molecule has 0 N–H and O–H groups in total. The summed E-state index contributed by atoms with van der Waals surface area (Å²) in [7, 11) is 0. The maximum atomic E-state index is 13.1. The molecule has 7 aromatic rings. The van der Waals surface area contributed by atoms with Crippen LogP contribution in [-0.2, 0) is 12.8 Å². The van der Waals surface area contributed by atoms with Crippen LogP contribution in [0.15, 0.2) is 13.2 Å². The van der Waals surface area contributed by atoms with E-state index in [1.165, 1.54) is 20.8 Å². The molecule has 0 saturated carbocycles. The predicted molar refractivity (Wildman–Crippen MR) is 290 cm³/mol. The molecule has 504 valence electrons. The highest BCUT2D eigenvalue weighted by molar-refractivity contribution is 5.63. The number of rotatable bonds is 5. The number of halogens is 28. The van der Waals surface area contributed by atoms with Gasteiger partial charge in [0.05, 0.1) is 11.1 Å². The highest BCUT2D eigenvalue weighted by atomic mass is 19.2. The van der Waals surface area contributed by atoms with Crippen molar-refractivity contribution in [1.82, 2.24) is 0 Å². The first-order chi connectivity index (χ1) is 42.8.